The van der Waals surface area contributed by atoms with Crippen LogP contribution in [0.3, 0.4) is 0 Å². The second kappa shape index (κ2) is 5.56. The fourth-order valence-electron chi connectivity index (χ4n) is 2.81. The van der Waals surface area contributed by atoms with Crippen molar-refractivity contribution in [3.63, 3.8) is 0 Å². The average molecular weight is 295 g/mol. The summed E-state index contributed by atoms with van der Waals surface area (Å²) in [4.78, 5) is 12.6. The highest BCUT2D eigenvalue weighted by Gasteiger charge is 2.34. The Kier molecular flexibility index (Phi) is 4.18. The van der Waals surface area contributed by atoms with Gasteiger partial charge in [-0.05, 0) is 37.1 Å². The number of anilines is 1. The van der Waals surface area contributed by atoms with Crippen molar-refractivity contribution in [1.82, 2.24) is 0 Å². The number of hydrogen-bond acceptors (Lipinski definition) is 3. The normalized spacial score (nSPS) is 18.5. The lowest BCUT2D eigenvalue weighted by atomic mass is 9.71. The molecule has 5 heteroatoms. The maximum Gasteiger partial charge on any atom is 0.229 e. The summed E-state index contributed by atoms with van der Waals surface area (Å²) in [5, 5.41) is 0. The zero-order valence-electron chi connectivity index (χ0n) is 12.0. The lowest BCUT2D eigenvalue weighted by Crippen LogP contribution is -2.30. The van der Waals surface area contributed by atoms with Gasteiger partial charge in [-0.15, -0.1) is 0 Å². The molecule has 0 spiro atoms. The summed E-state index contributed by atoms with van der Waals surface area (Å²) >= 11 is 0. The van der Waals surface area contributed by atoms with Crippen LogP contribution in [0.5, 0.6) is 0 Å². The Balaban J connectivity index is 2.15. The summed E-state index contributed by atoms with van der Waals surface area (Å²) in [5.41, 5.74) is 0.885. The number of carbonyl (C=O) groups excluding carboxylic acids is 1. The fourth-order valence-corrected chi connectivity index (χ4v) is 3.38. The van der Waals surface area contributed by atoms with Crippen LogP contribution < -0.4 is 4.72 Å². The van der Waals surface area contributed by atoms with Crippen LogP contribution in [0.15, 0.2) is 24.3 Å². The molecule has 1 saturated carbocycles. The van der Waals surface area contributed by atoms with Crippen LogP contribution in [-0.2, 0) is 10.0 Å². The largest absolute Gasteiger partial charge is 0.294 e. The van der Waals surface area contributed by atoms with E-state index < -0.39 is 10.0 Å². The molecule has 0 aromatic heterocycles. The Labute approximate surface area is 120 Å². The Hall–Kier alpha value is -1.36. The molecule has 4 nitrogen and oxygen atoms in total. The Morgan fingerprint density at radius 3 is 2.15 bits per heavy atom. The first kappa shape index (κ1) is 15.0. The third-order valence-corrected chi connectivity index (χ3v) is 4.56. The van der Waals surface area contributed by atoms with Crippen LogP contribution >= 0.6 is 0 Å². The molecule has 2 rings (SSSR count). The molecule has 0 atom stereocenters. The van der Waals surface area contributed by atoms with E-state index in [1.807, 2.05) is 6.92 Å². The number of rotatable bonds is 4. The number of nitrogens with one attached hydrogen (secondary N) is 1. The van der Waals surface area contributed by atoms with E-state index >= 15 is 0 Å². The van der Waals surface area contributed by atoms with Gasteiger partial charge in [-0.3, -0.25) is 9.52 Å². The zero-order valence-corrected chi connectivity index (χ0v) is 12.8. The van der Waals surface area contributed by atoms with Crippen molar-refractivity contribution in [2.45, 2.75) is 39.0 Å². The highest BCUT2D eigenvalue weighted by molar-refractivity contribution is 7.92. The number of sulfonamides is 1. The SMILES string of the molecule is CC1(C(=O)c2ccc(NS(C)(=O)=O)cc2)CCCCC1. The predicted octanol–water partition coefficient (Wildman–Crippen LogP) is 3.21. The zero-order chi connectivity index (χ0) is 14.8. The predicted molar refractivity (Wildman–Crippen MR) is 80.4 cm³/mol. The average Bonchev–Trinajstić information content (AvgIpc) is 2.38. The molecule has 0 unspecified atom stereocenters. The van der Waals surface area contributed by atoms with Crippen molar-refractivity contribution in [1.29, 1.82) is 0 Å². The third kappa shape index (κ3) is 3.60. The molecule has 0 heterocycles. The number of Topliss-reactive ketones (excluding diaryl/α,β-unsaturated/α-hetero) is 1. The van der Waals surface area contributed by atoms with Gasteiger partial charge < -0.3 is 0 Å². The Morgan fingerprint density at radius 2 is 1.65 bits per heavy atom. The van der Waals surface area contributed by atoms with Gasteiger partial charge in [-0.25, -0.2) is 8.42 Å². The Morgan fingerprint density at radius 1 is 1.10 bits per heavy atom. The molecule has 20 heavy (non-hydrogen) atoms. The lowest BCUT2D eigenvalue weighted by molar-refractivity contribution is 0.0749. The van der Waals surface area contributed by atoms with Crippen molar-refractivity contribution in [2.75, 3.05) is 11.0 Å². The molecular formula is C15H21NO3S. The van der Waals surface area contributed by atoms with Crippen LogP contribution in [0, 0.1) is 5.41 Å². The first-order chi connectivity index (χ1) is 9.30. The molecule has 0 bridgehead atoms. The van der Waals surface area contributed by atoms with Gasteiger partial charge in [0.25, 0.3) is 0 Å². The first-order valence-electron chi connectivity index (χ1n) is 6.93. The van der Waals surface area contributed by atoms with Gasteiger partial charge in [0.05, 0.1) is 6.26 Å². The van der Waals surface area contributed by atoms with Gasteiger partial charge in [-0.2, -0.15) is 0 Å². The molecule has 1 fully saturated rings. The summed E-state index contributed by atoms with van der Waals surface area (Å²) < 4.78 is 24.7. The van der Waals surface area contributed by atoms with Crippen LogP contribution in [0.2, 0.25) is 0 Å². The van der Waals surface area contributed by atoms with Crippen molar-refractivity contribution < 1.29 is 13.2 Å². The second-order valence-corrected chi connectivity index (χ2v) is 7.65. The number of benzene rings is 1. The molecule has 1 N–H and O–H groups in total. The highest BCUT2D eigenvalue weighted by atomic mass is 32.2. The number of hydrogen-bond donors (Lipinski definition) is 1. The maximum absolute atomic E-state index is 12.6. The quantitative estimate of drug-likeness (QED) is 0.868. The minimum atomic E-state index is -3.28. The van der Waals surface area contributed by atoms with Gasteiger partial charge in [0.15, 0.2) is 5.78 Å². The fraction of sp³-hybridized carbons (Fsp3) is 0.533. The minimum Gasteiger partial charge on any atom is -0.294 e. The van der Waals surface area contributed by atoms with Gasteiger partial charge >= 0.3 is 0 Å². The molecular weight excluding hydrogens is 274 g/mol. The second-order valence-electron chi connectivity index (χ2n) is 5.90. The third-order valence-electron chi connectivity index (χ3n) is 3.96. The van der Waals surface area contributed by atoms with Crippen molar-refractivity contribution in [3.8, 4) is 0 Å². The van der Waals surface area contributed by atoms with Gasteiger partial charge in [0.2, 0.25) is 10.0 Å². The number of carbonyl (C=O) groups is 1. The van der Waals surface area contributed by atoms with Gasteiger partial charge in [-0.1, -0.05) is 26.2 Å². The molecule has 0 aliphatic heterocycles. The van der Waals surface area contributed by atoms with Crippen LogP contribution in [-0.4, -0.2) is 20.5 Å². The van der Waals surface area contributed by atoms with E-state index in [9.17, 15) is 13.2 Å². The standard InChI is InChI=1S/C15H21NO3S/c1-15(10-4-3-5-11-15)14(17)12-6-8-13(9-7-12)16-20(2,18)19/h6-9,16H,3-5,10-11H2,1-2H3. The van der Waals surface area contributed by atoms with Crippen LogP contribution in [0.25, 0.3) is 0 Å². The molecule has 1 aromatic carbocycles. The molecule has 0 saturated heterocycles. The molecule has 1 aromatic rings. The topological polar surface area (TPSA) is 63.2 Å². The smallest absolute Gasteiger partial charge is 0.229 e. The monoisotopic (exact) mass is 295 g/mol. The summed E-state index contributed by atoms with van der Waals surface area (Å²) in [5.74, 6) is 0.170. The van der Waals surface area contributed by atoms with E-state index in [1.165, 1.54) is 6.42 Å². The first-order valence-corrected chi connectivity index (χ1v) is 8.82. The maximum atomic E-state index is 12.6. The van der Waals surface area contributed by atoms with E-state index in [-0.39, 0.29) is 11.2 Å². The number of ketones is 1. The van der Waals surface area contributed by atoms with Gasteiger partial charge in [0, 0.05) is 16.7 Å². The lowest BCUT2D eigenvalue weighted by Gasteiger charge is -2.32. The van der Waals surface area contributed by atoms with E-state index in [1.54, 1.807) is 24.3 Å². The van der Waals surface area contributed by atoms with E-state index in [4.69, 9.17) is 0 Å². The van der Waals surface area contributed by atoms with E-state index in [0.717, 1.165) is 31.9 Å². The molecule has 1 aliphatic carbocycles. The molecule has 0 radical (unpaired) electrons. The molecule has 1 aliphatic rings. The Bertz CT molecular complexity index is 584. The molecule has 0 amide bonds. The van der Waals surface area contributed by atoms with Crippen LogP contribution in [0.1, 0.15) is 49.4 Å². The summed E-state index contributed by atoms with van der Waals surface area (Å²) in [6, 6.07) is 6.69. The van der Waals surface area contributed by atoms with Crippen molar-refractivity contribution in [2.24, 2.45) is 5.41 Å². The molecule has 110 valence electrons. The summed E-state index contributed by atoms with van der Waals surface area (Å²) in [6.45, 7) is 2.04. The highest BCUT2D eigenvalue weighted by Crippen LogP contribution is 2.38. The van der Waals surface area contributed by atoms with E-state index in [0.29, 0.717) is 11.3 Å². The minimum absolute atomic E-state index is 0.170. The van der Waals surface area contributed by atoms with Gasteiger partial charge in [0.1, 0.15) is 0 Å². The van der Waals surface area contributed by atoms with Crippen LogP contribution in [0.4, 0.5) is 5.69 Å². The summed E-state index contributed by atoms with van der Waals surface area (Å²) in [6.07, 6.45) is 6.41. The van der Waals surface area contributed by atoms with Crippen molar-refractivity contribution >= 4 is 21.5 Å². The van der Waals surface area contributed by atoms with Crippen molar-refractivity contribution in [3.05, 3.63) is 29.8 Å². The summed E-state index contributed by atoms with van der Waals surface area (Å²) in [7, 11) is -3.28. The van der Waals surface area contributed by atoms with E-state index in [2.05, 4.69) is 4.72 Å².